The van der Waals surface area contributed by atoms with Gasteiger partial charge in [0.1, 0.15) is 0 Å². The third-order valence-electron chi connectivity index (χ3n) is 3.23. The monoisotopic (exact) mass is 341 g/mol. The standard InChI is InChI=1S/C12H12ClN5O3S/c13-10-6-8(18(19)20)3-4-11(10)22-12-14-15-16-17(12)7-9-2-1-5-21-9/h3-4,6,9H,1-2,5,7H2/t9-/m1/s1. The Morgan fingerprint density at radius 3 is 3.09 bits per heavy atom. The predicted octanol–water partition coefficient (Wildman–Crippen LogP) is 2.56. The number of benzene rings is 1. The Hall–Kier alpha value is -1.71. The first kappa shape index (κ1) is 15.2. The van der Waals surface area contributed by atoms with Gasteiger partial charge in [0, 0.05) is 23.6 Å². The van der Waals surface area contributed by atoms with Gasteiger partial charge in [0.05, 0.1) is 22.6 Å². The summed E-state index contributed by atoms with van der Waals surface area (Å²) < 4.78 is 7.24. The summed E-state index contributed by atoms with van der Waals surface area (Å²) in [6, 6.07) is 4.32. The largest absolute Gasteiger partial charge is 0.376 e. The maximum Gasteiger partial charge on any atom is 0.270 e. The van der Waals surface area contributed by atoms with Gasteiger partial charge in [-0.2, -0.15) is 0 Å². The topological polar surface area (TPSA) is 96.0 Å². The number of nitro benzene ring substituents is 1. The number of hydrogen-bond donors (Lipinski definition) is 0. The average molecular weight is 342 g/mol. The number of ether oxygens (including phenoxy) is 1. The fourth-order valence-corrected chi connectivity index (χ4v) is 3.22. The molecule has 0 radical (unpaired) electrons. The summed E-state index contributed by atoms with van der Waals surface area (Å²) in [6.45, 7) is 1.35. The first-order valence-corrected chi connectivity index (χ1v) is 7.82. The minimum absolute atomic E-state index is 0.0479. The van der Waals surface area contributed by atoms with Gasteiger partial charge in [0.25, 0.3) is 5.69 Å². The minimum atomic E-state index is -0.484. The summed E-state index contributed by atoms with van der Waals surface area (Å²) in [7, 11) is 0. The molecule has 0 N–H and O–H groups in total. The maximum absolute atomic E-state index is 10.7. The molecule has 3 rings (SSSR count). The van der Waals surface area contributed by atoms with Crippen LogP contribution in [0.2, 0.25) is 5.02 Å². The molecule has 1 aliphatic heterocycles. The highest BCUT2D eigenvalue weighted by Gasteiger charge is 2.20. The van der Waals surface area contributed by atoms with Gasteiger partial charge in [-0.05, 0) is 41.1 Å². The molecule has 0 unspecified atom stereocenters. The Balaban J connectivity index is 1.76. The van der Waals surface area contributed by atoms with E-state index in [0.29, 0.717) is 21.6 Å². The SMILES string of the molecule is O=[N+]([O-])c1ccc(Sc2nnnn2C[C@H]2CCCO2)c(Cl)c1. The van der Waals surface area contributed by atoms with Gasteiger partial charge < -0.3 is 4.74 Å². The smallest absolute Gasteiger partial charge is 0.270 e. The van der Waals surface area contributed by atoms with Gasteiger partial charge in [-0.15, -0.1) is 5.10 Å². The zero-order valence-corrected chi connectivity index (χ0v) is 13.0. The van der Waals surface area contributed by atoms with Crippen LogP contribution in [-0.4, -0.2) is 37.8 Å². The molecule has 1 aliphatic rings. The van der Waals surface area contributed by atoms with Crippen LogP contribution in [0.1, 0.15) is 12.8 Å². The lowest BCUT2D eigenvalue weighted by molar-refractivity contribution is -0.384. The van der Waals surface area contributed by atoms with Crippen molar-refractivity contribution in [3.8, 4) is 0 Å². The summed E-state index contributed by atoms with van der Waals surface area (Å²) in [5.41, 5.74) is -0.0479. The van der Waals surface area contributed by atoms with Crippen molar-refractivity contribution in [2.75, 3.05) is 6.61 Å². The molecular weight excluding hydrogens is 330 g/mol. The fourth-order valence-electron chi connectivity index (χ4n) is 2.15. The Bertz CT molecular complexity index is 689. The van der Waals surface area contributed by atoms with Crippen LogP contribution < -0.4 is 0 Å². The van der Waals surface area contributed by atoms with Crippen molar-refractivity contribution in [3.63, 3.8) is 0 Å². The third kappa shape index (κ3) is 3.37. The number of rotatable bonds is 5. The van der Waals surface area contributed by atoms with E-state index in [1.807, 2.05) is 0 Å². The van der Waals surface area contributed by atoms with Crippen molar-refractivity contribution in [2.24, 2.45) is 0 Å². The number of tetrazole rings is 1. The molecule has 0 aliphatic carbocycles. The van der Waals surface area contributed by atoms with E-state index in [9.17, 15) is 10.1 Å². The van der Waals surface area contributed by atoms with E-state index in [1.165, 1.54) is 23.9 Å². The first-order valence-electron chi connectivity index (χ1n) is 6.63. The lowest BCUT2D eigenvalue weighted by Gasteiger charge is -2.10. The van der Waals surface area contributed by atoms with Gasteiger partial charge in [-0.1, -0.05) is 11.6 Å². The van der Waals surface area contributed by atoms with Crippen LogP contribution >= 0.6 is 23.4 Å². The van der Waals surface area contributed by atoms with E-state index in [2.05, 4.69) is 15.5 Å². The number of nitrogens with zero attached hydrogens (tertiary/aromatic N) is 5. The molecule has 1 saturated heterocycles. The molecule has 0 bridgehead atoms. The molecule has 1 atom stereocenters. The van der Waals surface area contributed by atoms with Gasteiger partial charge in [-0.3, -0.25) is 10.1 Å². The highest BCUT2D eigenvalue weighted by atomic mass is 35.5. The van der Waals surface area contributed by atoms with Gasteiger partial charge in [0.2, 0.25) is 5.16 Å². The average Bonchev–Trinajstić information content (AvgIpc) is 3.14. The van der Waals surface area contributed by atoms with E-state index in [0.717, 1.165) is 19.4 Å². The lowest BCUT2D eigenvalue weighted by atomic mass is 10.2. The first-order chi connectivity index (χ1) is 10.6. The highest BCUT2D eigenvalue weighted by Crippen LogP contribution is 2.34. The molecule has 1 aromatic carbocycles. The van der Waals surface area contributed by atoms with E-state index < -0.39 is 4.92 Å². The zero-order valence-electron chi connectivity index (χ0n) is 11.4. The van der Waals surface area contributed by atoms with Crippen molar-refractivity contribution in [1.29, 1.82) is 0 Å². The minimum Gasteiger partial charge on any atom is -0.376 e. The third-order valence-corrected chi connectivity index (χ3v) is 4.70. The molecule has 0 saturated carbocycles. The van der Waals surface area contributed by atoms with Crippen LogP contribution in [0.5, 0.6) is 0 Å². The zero-order chi connectivity index (χ0) is 15.5. The Kier molecular flexibility index (Phi) is 4.55. The predicted molar refractivity (Wildman–Crippen MR) is 79.0 cm³/mol. The van der Waals surface area contributed by atoms with Crippen LogP contribution in [-0.2, 0) is 11.3 Å². The molecule has 1 fully saturated rings. The molecule has 10 heteroatoms. The van der Waals surface area contributed by atoms with Crippen molar-refractivity contribution in [3.05, 3.63) is 33.3 Å². The van der Waals surface area contributed by atoms with Crippen LogP contribution in [0.15, 0.2) is 28.3 Å². The highest BCUT2D eigenvalue weighted by molar-refractivity contribution is 7.99. The van der Waals surface area contributed by atoms with Gasteiger partial charge >= 0.3 is 0 Å². The van der Waals surface area contributed by atoms with Crippen LogP contribution in [0.4, 0.5) is 5.69 Å². The molecule has 0 spiro atoms. The number of aromatic nitrogens is 4. The molecule has 0 amide bonds. The molecule has 2 heterocycles. The van der Waals surface area contributed by atoms with E-state index in [-0.39, 0.29) is 11.8 Å². The Morgan fingerprint density at radius 2 is 2.41 bits per heavy atom. The molecule has 1 aromatic heterocycles. The fraction of sp³-hybridized carbons (Fsp3) is 0.417. The van der Waals surface area contributed by atoms with Crippen LogP contribution in [0, 0.1) is 10.1 Å². The summed E-state index contributed by atoms with van der Waals surface area (Å²) in [5.74, 6) is 0. The Labute approximate surface area is 134 Å². The maximum atomic E-state index is 10.7. The van der Waals surface area contributed by atoms with Crippen molar-refractivity contribution < 1.29 is 9.66 Å². The number of halogens is 1. The molecule has 8 nitrogen and oxygen atoms in total. The second-order valence-corrected chi connectivity index (χ2v) is 6.17. The summed E-state index contributed by atoms with van der Waals surface area (Å²) in [4.78, 5) is 10.9. The number of non-ortho nitro benzene ring substituents is 1. The lowest BCUT2D eigenvalue weighted by Crippen LogP contribution is -2.16. The van der Waals surface area contributed by atoms with E-state index in [1.54, 1.807) is 10.7 Å². The summed E-state index contributed by atoms with van der Waals surface area (Å²) in [6.07, 6.45) is 2.15. The normalized spacial score (nSPS) is 17.8. The molecule has 116 valence electrons. The summed E-state index contributed by atoms with van der Waals surface area (Å²) >= 11 is 7.35. The number of nitro groups is 1. The molecular formula is C12H12ClN5O3S. The number of hydrogen-bond acceptors (Lipinski definition) is 7. The second-order valence-electron chi connectivity index (χ2n) is 4.75. The van der Waals surface area contributed by atoms with Gasteiger partial charge in [0.15, 0.2) is 0 Å². The molecule has 2 aromatic rings. The quantitative estimate of drug-likeness (QED) is 0.609. The van der Waals surface area contributed by atoms with Crippen LogP contribution in [0.25, 0.3) is 0 Å². The van der Waals surface area contributed by atoms with E-state index >= 15 is 0 Å². The second kappa shape index (κ2) is 6.59. The van der Waals surface area contributed by atoms with Crippen LogP contribution in [0.3, 0.4) is 0 Å². The summed E-state index contributed by atoms with van der Waals surface area (Å²) in [5, 5.41) is 23.2. The van der Waals surface area contributed by atoms with Crippen molar-refractivity contribution in [2.45, 2.75) is 35.5 Å². The van der Waals surface area contributed by atoms with Crippen molar-refractivity contribution in [1.82, 2.24) is 20.2 Å². The Morgan fingerprint density at radius 1 is 1.55 bits per heavy atom. The molecule has 22 heavy (non-hydrogen) atoms. The van der Waals surface area contributed by atoms with Gasteiger partial charge in [-0.25, -0.2) is 4.68 Å². The van der Waals surface area contributed by atoms with Crippen molar-refractivity contribution >= 4 is 29.1 Å². The van der Waals surface area contributed by atoms with E-state index in [4.69, 9.17) is 16.3 Å².